The highest BCUT2D eigenvalue weighted by Gasteiger charge is 2.21. The molecule has 1 aliphatic heterocycles. The maximum atomic E-state index is 11.9. The largest absolute Gasteiger partial charge is 0.444 e. The number of ether oxygens (including phenoxy) is 2. The standard InChI is InChI=1S/C19H28N4O4/c1-19(2,3)27-18(25)22-15(12-24)9-13-8-14-11-21-23(17(14)20-10-13)16-6-4-5-7-26-16/h8,10-11,15-16,24H,4-7,9,12H2,1-3H3,(H,22,25). The van der Waals surface area contributed by atoms with E-state index in [1.807, 2.05) is 10.7 Å². The number of alkyl carbamates (subject to hydrolysis) is 1. The zero-order chi connectivity index (χ0) is 19.4. The lowest BCUT2D eigenvalue weighted by atomic mass is 10.1. The fourth-order valence-corrected chi connectivity index (χ4v) is 3.14. The van der Waals surface area contributed by atoms with Crippen molar-refractivity contribution in [3.63, 3.8) is 0 Å². The number of hydrogen-bond acceptors (Lipinski definition) is 6. The van der Waals surface area contributed by atoms with Crippen molar-refractivity contribution in [1.82, 2.24) is 20.1 Å². The topological polar surface area (TPSA) is 98.5 Å². The first kappa shape index (κ1) is 19.6. The van der Waals surface area contributed by atoms with Gasteiger partial charge in [0.15, 0.2) is 11.9 Å². The zero-order valence-corrected chi connectivity index (χ0v) is 16.1. The van der Waals surface area contributed by atoms with Crippen LogP contribution in [0.4, 0.5) is 4.79 Å². The summed E-state index contributed by atoms with van der Waals surface area (Å²) in [5.74, 6) is 0. The Hall–Kier alpha value is -2.19. The molecule has 1 saturated heterocycles. The third-order valence-corrected chi connectivity index (χ3v) is 4.34. The van der Waals surface area contributed by atoms with Crippen molar-refractivity contribution in [3.8, 4) is 0 Å². The number of carbonyl (C=O) groups is 1. The van der Waals surface area contributed by atoms with E-state index in [9.17, 15) is 9.90 Å². The van der Waals surface area contributed by atoms with E-state index in [2.05, 4.69) is 15.4 Å². The minimum absolute atomic E-state index is 0.0615. The molecule has 0 aliphatic carbocycles. The molecule has 0 aromatic carbocycles. The Balaban J connectivity index is 1.68. The molecule has 1 fully saturated rings. The third-order valence-electron chi connectivity index (χ3n) is 4.34. The Morgan fingerprint density at radius 2 is 2.26 bits per heavy atom. The molecule has 1 aliphatic rings. The molecule has 3 rings (SSSR count). The first-order valence-electron chi connectivity index (χ1n) is 9.40. The number of pyridine rings is 1. The van der Waals surface area contributed by atoms with E-state index in [-0.39, 0.29) is 12.8 Å². The summed E-state index contributed by atoms with van der Waals surface area (Å²) in [6.07, 6.45) is 6.52. The molecule has 27 heavy (non-hydrogen) atoms. The molecule has 1 amide bonds. The van der Waals surface area contributed by atoms with Crippen LogP contribution in [0.3, 0.4) is 0 Å². The smallest absolute Gasteiger partial charge is 0.407 e. The second-order valence-corrected chi connectivity index (χ2v) is 7.90. The number of amides is 1. The molecule has 0 spiro atoms. The van der Waals surface area contributed by atoms with Gasteiger partial charge in [-0.3, -0.25) is 0 Å². The molecule has 2 N–H and O–H groups in total. The SMILES string of the molecule is CC(C)(C)OC(=O)NC(CO)Cc1cnc2c(cnn2C2CCCCO2)c1. The summed E-state index contributed by atoms with van der Waals surface area (Å²) in [6.45, 7) is 5.95. The average molecular weight is 376 g/mol. The summed E-state index contributed by atoms with van der Waals surface area (Å²) < 4.78 is 12.9. The number of fused-ring (bicyclic) bond motifs is 1. The van der Waals surface area contributed by atoms with Gasteiger partial charge in [0.2, 0.25) is 0 Å². The van der Waals surface area contributed by atoms with Gasteiger partial charge in [0.1, 0.15) is 5.60 Å². The van der Waals surface area contributed by atoms with Crippen LogP contribution >= 0.6 is 0 Å². The van der Waals surface area contributed by atoms with Gasteiger partial charge in [-0.1, -0.05) is 0 Å². The number of aromatic nitrogens is 3. The Bertz CT molecular complexity index is 778. The number of carbonyl (C=O) groups excluding carboxylic acids is 1. The Labute approximate surface area is 158 Å². The van der Waals surface area contributed by atoms with E-state index < -0.39 is 17.7 Å². The van der Waals surface area contributed by atoms with Crippen LogP contribution in [0.5, 0.6) is 0 Å². The Kier molecular flexibility index (Phi) is 5.96. The van der Waals surface area contributed by atoms with Crippen LogP contribution in [0.1, 0.15) is 51.8 Å². The van der Waals surface area contributed by atoms with Crippen LogP contribution in [-0.2, 0) is 15.9 Å². The van der Waals surface area contributed by atoms with Crippen molar-refractivity contribution in [3.05, 3.63) is 24.0 Å². The quantitative estimate of drug-likeness (QED) is 0.832. The number of aliphatic hydroxyl groups excluding tert-OH is 1. The van der Waals surface area contributed by atoms with E-state index in [1.54, 1.807) is 33.2 Å². The van der Waals surface area contributed by atoms with Crippen LogP contribution in [0.2, 0.25) is 0 Å². The first-order chi connectivity index (χ1) is 12.9. The number of nitrogens with one attached hydrogen (secondary N) is 1. The third kappa shape index (κ3) is 5.17. The summed E-state index contributed by atoms with van der Waals surface area (Å²) in [7, 11) is 0. The van der Waals surface area contributed by atoms with E-state index in [4.69, 9.17) is 9.47 Å². The number of aliphatic hydroxyl groups is 1. The predicted molar refractivity (Wildman–Crippen MR) is 100 cm³/mol. The van der Waals surface area contributed by atoms with Gasteiger partial charge in [-0.25, -0.2) is 14.5 Å². The van der Waals surface area contributed by atoms with Crippen LogP contribution in [0, 0.1) is 0 Å². The van der Waals surface area contributed by atoms with Crippen LogP contribution < -0.4 is 5.32 Å². The van der Waals surface area contributed by atoms with Crippen LogP contribution in [0.25, 0.3) is 11.0 Å². The minimum atomic E-state index is -0.583. The number of hydrogen-bond donors (Lipinski definition) is 2. The van der Waals surface area contributed by atoms with E-state index in [1.165, 1.54) is 0 Å². The number of nitrogens with zero attached hydrogens (tertiary/aromatic N) is 3. The molecule has 3 heterocycles. The molecule has 8 nitrogen and oxygen atoms in total. The molecular formula is C19H28N4O4. The fraction of sp³-hybridized carbons (Fsp3) is 0.632. The number of rotatable bonds is 5. The van der Waals surface area contributed by atoms with Gasteiger partial charge < -0.3 is 19.9 Å². The van der Waals surface area contributed by atoms with Crippen molar-refractivity contribution >= 4 is 17.1 Å². The van der Waals surface area contributed by atoms with Gasteiger partial charge >= 0.3 is 6.09 Å². The molecular weight excluding hydrogens is 348 g/mol. The van der Waals surface area contributed by atoms with Crippen LogP contribution in [0.15, 0.2) is 18.5 Å². The maximum Gasteiger partial charge on any atom is 0.407 e. The summed E-state index contributed by atoms with van der Waals surface area (Å²) in [6, 6.07) is 1.53. The average Bonchev–Trinajstić information content (AvgIpc) is 3.03. The lowest BCUT2D eigenvalue weighted by molar-refractivity contribution is -0.0370. The van der Waals surface area contributed by atoms with Gasteiger partial charge in [-0.05, 0) is 58.1 Å². The summed E-state index contributed by atoms with van der Waals surface area (Å²) >= 11 is 0. The molecule has 2 aromatic heterocycles. The minimum Gasteiger partial charge on any atom is -0.444 e. The summed E-state index contributed by atoms with van der Waals surface area (Å²) in [5, 5.41) is 17.6. The highest BCUT2D eigenvalue weighted by atomic mass is 16.6. The fourth-order valence-electron chi connectivity index (χ4n) is 3.14. The van der Waals surface area contributed by atoms with E-state index >= 15 is 0 Å². The maximum absolute atomic E-state index is 11.9. The normalized spacial score (nSPS) is 19.0. The van der Waals surface area contributed by atoms with Gasteiger partial charge in [0.25, 0.3) is 0 Å². The molecule has 2 unspecified atom stereocenters. The van der Waals surface area contributed by atoms with Gasteiger partial charge in [0, 0.05) is 18.2 Å². The first-order valence-corrected chi connectivity index (χ1v) is 9.40. The van der Waals surface area contributed by atoms with Gasteiger partial charge in [-0.15, -0.1) is 0 Å². The lowest BCUT2D eigenvalue weighted by Gasteiger charge is -2.23. The molecule has 2 aromatic rings. The highest BCUT2D eigenvalue weighted by Crippen LogP contribution is 2.25. The van der Waals surface area contributed by atoms with Gasteiger partial charge in [0.05, 0.1) is 18.8 Å². The van der Waals surface area contributed by atoms with Crippen molar-refractivity contribution in [2.75, 3.05) is 13.2 Å². The van der Waals surface area contributed by atoms with Gasteiger partial charge in [-0.2, -0.15) is 5.10 Å². The van der Waals surface area contributed by atoms with E-state index in [0.29, 0.717) is 6.42 Å². The van der Waals surface area contributed by atoms with Crippen molar-refractivity contribution in [2.45, 2.75) is 64.3 Å². The molecule has 2 atom stereocenters. The van der Waals surface area contributed by atoms with Crippen LogP contribution in [-0.4, -0.2) is 50.8 Å². The molecule has 8 heteroatoms. The van der Waals surface area contributed by atoms with Crippen molar-refractivity contribution < 1.29 is 19.4 Å². The zero-order valence-electron chi connectivity index (χ0n) is 16.1. The molecule has 0 radical (unpaired) electrons. The predicted octanol–water partition coefficient (Wildman–Crippen LogP) is 2.56. The Morgan fingerprint density at radius 1 is 1.44 bits per heavy atom. The van der Waals surface area contributed by atoms with Crippen molar-refractivity contribution in [1.29, 1.82) is 0 Å². The second-order valence-electron chi connectivity index (χ2n) is 7.90. The molecule has 0 bridgehead atoms. The lowest BCUT2D eigenvalue weighted by Crippen LogP contribution is -2.42. The summed E-state index contributed by atoms with van der Waals surface area (Å²) in [5.41, 5.74) is 1.10. The molecule has 148 valence electrons. The van der Waals surface area contributed by atoms with Crippen molar-refractivity contribution in [2.24, 2.45) is 0 Å². The van der Waals surface area contributed by atoms with E-state index in [0.717, 1.165) is 42.5 Å². The Morgan fingerprint density at radius 3 is 2.93 bits per heavy atom. The summed E-state index contributed by atoms with van der Waals surface area (Å²) in [4.78, 5) is 16.5. The molecule has 0 saturated carbocycles. The monoisotopic (exact) mass is 376 g/mol. The second kappa shape index (κ2) is 8.22. The highest BCUT2D eigenvalue weighted by molar-refractivity contribution is 5.75.